The lowest BCUT2D eigenvalue weighted by atomic mass is 10.3. The Morgan fingerprint density at radius 1 is 1.29 bits per heavy atom. The first-order valence-corrected chi connectivity index (χ1v) is 7.64. The van der Waals surface area contributed by atoms with Crippen LogP contribution in [0.15, 0.2) is 6.07 Å². The Balaban J connectivity index is 1.97. The number of rotatable bonds is 5. The predicted molar refractivity (Wildman–Crippen MR) is 89.9 cm³/mol. The van der Waals surface area contributed by atoms with Gasteiger partial charge < -0.3 is 15.5 Å². The third kappa shape index (κ3) is 4.59. The van der Waals surface area contributed by atoms with E-state index in [0.29, 0.717) is 10.7 Å². The van der Waals surface area contributed by atoms with Gasteiger partial charge in [-0.2, -0.15) is 0 Å². The van der Waals surface area contributed by atoms with Crippen molar-refractivity contribution in [3.05, 3.63) is 17.5 Å². The number of thiocarbonyl (C=S) groups is 1. The molecule has 0 amide bonds. The number of nitrogens with two attached hydrogens (primary N) is 1. The van der Waals surface area contributed by atoms with E-state index in [4.69, 9.17) is 18.0 Å². The molecule has 1 aliphatic heterocycles. The number of anilines is 1. The lowest BCUT2D eigenvalue weighted by Gasteiger charge is -2.35. The maximum Gasteiger partial charge on any atom is 0.226 e. The normalized spacial score (nSPS) is 16.5. The van der Waals surface area contributed by atoms with Crippen LogP contribution in [0.3, 0.4) is 0 Å². The first-order valence-electron chi connectivity index (χ1n) is 7.23. The fourth-order valence-corrected chi connectivity index (χ4v) is 2.44. The molecule has 0 bridgehead atoms. The number of hydrogen-bond acceptors (Lipinski definition) is 6. The first kappa shape index (κ1) is 16.1. The third-order valence-electron chi connectivity index (χ3n) is 3.61. The molecule has 0 aliphatic carbocycles. The highest BCUT2D eigenvalue weighted by Gasteiger charge is 2.19. The first-order chi connectivity index (χ1) is 9.95. The smallest absolute Gasteiger partial charge is 0.226 e. The summed E-state index contributed by atoms with van der Waals surface area (Å²) in [5, 5.41) is 0. The van der Waals surface area contributed by atoms with Crippen molar-refractivity contribution in [2.24, 2.45) is 5.73 Å². The van der Waals surface area contributed by atoms with Crippen molar-refractivity contribution in [2.75, 3.05) is 58.3 Å². The number of aromatic nitrogens is 2. The highest BCUT2D eigenvalue weighted by molar-refractivity contribution is 7.80. The topological polar surface area (TPSA) is 61.5 Å². The van der Waals surface area contributed by atoms with Crippen LogP contribution in [0.5, 0.6) is 0 Å². The van der Waals surface area contributed by atoms with Gasteiger partial charge in [0.2, 0.25) is 5.95 Å². The Morgan fingerprint density at radius 2 is 1.95 bits per heavy atom. The molecule has 0 unspecified atom stereocenters. The van der Waals surface area contributed by atoms with E-state index in [1.165, 1.54) is 0 Å². The molecule has 0 spiro atoms. The van der Waals surface area contributed by atoms with Crippen LogP contribution in [-0.4, -0.2) is 78.1 Å². The highest BCUT2D eigenvalue weighted by Crippen LogP contribution is 2.13. The molecule has 1 aliphatic rings. The van der Waals surface area contributed by atoms with Crippen molar-refractivity contribution in [3.63, 3.8) is 0 Å². The third-order valence-corrected chi connectivity index (χ3v) is 3.82. The Hall–Kier alpha value is -1.31. The number of aryl methyl sites for hydroxylation is 1. The largest absolute Gasteiger partial charge is 0.388 e. The van der Waals surface area contributed by atoms with Gasteiger partial charge in [-0.15, -0.1) is 0 Å². The van der Waals surface area contributed by atoms with Crippen LogP contribution in [0.2, 0.25) is 0 Å². The van der Waals surface area contributed by atoms with Gasteiger partial charge >= 0.3 is 0 Å². The zero-order valence-corrected chi connectivity index (χ0v) is 13.9. The second-order valence-electron chi connectivity index (χ2n) is 5.69. The average molecular weight is 308 g/mol. The minimum absolute atomic E-state index is 0.325. The number of nitrogens with zero attached hydrogens (tertiary/aromatic N) is 5. The summed E-state index contributed by atoms with van der Waals surface area (Å²) in [4.78, 5) is 16.2. The maximum absolute atomic E-state index is 5.68. The lowest BCUT2D eigenvalue weighted by Crippen LogP contribution is -2.48. The summed E-state index contributed by atoms with van der Waals surface area (Å²) in [5.74, 6) is 0.741. The molecule has 2 rings (SSSR count). The van der Waals surface area contributed by atoms with Gasteiger partial charge in [0.05, 0.1) is 0 Å². The lowest BCUT2D eigenvalue weighted by molar-refractivity contribution is 0.228. The molecule has 2 N–H and O–H groups in total. The van der Waals surface area contributed by atoms with Crippen molar-refractivity contribution in [2.45, 2.75) is 6.92 Å². The number of hydrogen-bond donors (Lipinski definition) is 1. The summed E-state index contributed by atoms with van der Waals surface area (Å²) in [6.07, 6.45) is 0. The average Bonchev–Trinajstić information content (AvgIpc) is 2.45. The Kier molecular flexibility index (Phi) is 5.44. The van der Waals surface area contributed by atoms with Crippen LogP contribution in [0.1, 0.15) is 11.4 Å². The molecule has 0 radical (unpaired) electrons. The summed E-state index contributed by atoms with van der Waals surface area (Å²) in [6.45, 7) is 8.09. The van der Waals surface area contributed by atoms with E-state index in [2.05, 4.69) is 38.8 Å². The van der Waals surface area contributed by atoms with Crippen LogP contribution in [-0.2, 0) is 0 Å². The standard InChI is InChI=1S/C14H24N6S/c1-11-10-12(13(15)21)17-14(16-11)20-8-6-19(7-9-20)5-4-18(2)3/h10H,4-9H2,1-3H3,(H2,15,21). The summed E-state index contributed by atoms with van der Waals surface area (Å²) in [6, 6.07) is 1.83. The van der Waals surface area contributed by atoms with E-state index in [1.807, 2.05) is 13.0 Å². The predicted octanol–water partition coefficient (Wildman–Crippen LogP) is 0.103. The zero-order valence-electron chi connectivity index (χ0n) is 13.0. The van der Waals surface area contributed by atoms with Crippen LogP contribution in [0, 0.1) is 6.92 Å². The van der Waals surface area contributed by atoms with Crippen LogP contribution >= 0.6 is 12.2 Å². The van der Waals surface area contributed by atoms with E-state index in [9.17, 15) is 0 Å². The molecule has 21 heavy (non-hydrogen) atoms. The van der Waals surface area contributed by atoms with Gasteiger partial charge in [0.1, 0.15) is 10.7 Å². The maximum atomic E-state index is 5.68. The molecular formula is C14H24N6S. The van der Waals surface area contributed by atoms with Crippen molar-refractivity contribution in [1.29, 1.82) is 0 Å². The Bertz CT molecular complexity index is 496. The summed E-state index contributed by atoms with van der Waals surface area (Å²) >= 11 is 5.02. The van der Waals surface area contributed by atoms with Gasteiger partial charge in [0.15, 0.2) is 0 Å². The van der Waals surface area contributed by atoms with E-state index >= 15 is 0 Å². The molecule has 7 heteroatoms. The molecule has 6 nitrogen and oxygen atoms in total. The summed E-state index contributed by atoms with van der Waals surface area (Å²) in [5.41, 5.74) is 7.24. The number of piperazine rings is 1. The van der Waals surface area contributed by atoms with Gasteiger partial charge in [0, 0.05) is 45.0 Å². The van der Waals surface area contributed by atoms with Crippen molar-refractivity contribution < 1.29 is 0 Å². The molecule has 1 aromatic heterocycles. The SMILES string of the molecule is Cc1cc(C(N)=S)nc(N2CCN(CCN(C)C)CC2)n1. The quantitative estimate of drug-likeness (QED) is 0.774. The Morgan fingerprint density at radius 3 is 2.52 bits per heavy atom. The molecule has 0 atom stereocenters. The van der Waals surface area contributed by atoms with Gasteiger partial charge in [-0.1, -0.05) is 12.2 Å². The van der Waals surface area contributed by atoms with Gasteiger partial charge in [0.25, 0.3) is 0 Å². The van der Waals surface area contributed by atoms with Crippen molar-refractivity contribution in [1.82, 2.24) is 19.8 Å². The minimum atomic E-state index is 0.325. The van der Waals surface area contributed by atoms with E-state index in [1.54, 1.807) is 0 Å². The minimum Gasteiger partial charge on any atom is -0.388 e. The summed E-state index contributed by atoms with van der Waals surface area (Å²) < 4.78 is 0. The van der Waals surface area contributed by atoms with Gasteiger partial charge in [-0.25, -0.2) is 9.97 Å². The van der Waals surface area contributed by atoms with E-state index < -0.39 is 0 Å². The van der Waals surface area contributed by atoms with Crippen molar-refractivity contribution >= 4 is 23.2 Å². The molecular weight excluding hydrogens is 284 g/mol. The molecule has 116 valence electrons. The van der Waals surface area contributed by atoms with Crippen LogP contribution in [0.25, 0.3) is 0 Å². The van der Waals surface area contributed by atoms with Crippen molar-refractivity contribution in [3.8, 4) is 0 Å². The molecule has 1 saturated heterocycles. The van der Waals surface area contributed by atoms with E-state index in [0.717, 1.165) is 50.9 Å². The molecule has 2 heterocycles. The fraction of sp³-hybridized carbons (Fsp3) is 0.643. The molecule has 1 aromatic rings. The van der Waals surface area contributed by atoms with Crippen LogP contribution < -0.4 is 10.6 Å². The second-order valence-corrected chi connectivity index (χ2v) is 6.13. The fourth-order valence-electron chi connectivity index (χ4n) is 2.33. The monoisotopic (exact) mass is 308 g/mol. The van der Waals surface area contributed by atoms with Crippen LogP contribution in [0.4, 0.5) is 5.95 Å². The summed E-state index contributed by atoms with van der Waals surface area (Å²) in [7, 11) is 4.21. The zero-order chi connectivity index (χ0) is 15.4. The molecule has 0 aromatic carbocycles. The highest BCUT2D eigenvalue weighted by atomic mass is 32.1. The Labute approximate surface area is 131 Å². The molecule has 1 fully saturated rings. The number of likely N-dealkylation sites (N-methyl/N-ethyl adjacent to an activating group) is 1. The van der Waals surface area contributed by atoms with Gasteiger partial charge in [-0.05, 0) is 27.1 Å². The van der Waals surface area contributed by atoms with E-state index in [-0.39, 0.29) is 0 Å². The van der Waals surface area contributed by atoms with Gasteiger partial charge in [-0.3, -0.25) is 4.90 Å². The second kappa shape index (κ2) is 7.11. The molecule has 0 saturated carbocycles.